The SMILES string of the molecule is CCc1cc(-c2[nH]c3cc(N[C@H](C(=O)O)C4CC4)cc4c3c2NCCO4)cc2nc(N)oc12. The molecule has 1 aliphatic carbocycles. The molecule has 33 heavy (non-hydrogen) atoms. The highest BCUT2D eigenvalue weighted by Gasteiger charge is 2.36. The summed E-state index contributed by atoms with van der Waals surface area (Å²) in [5.41, 5.74) is 12.7. The van der Waals surface area contributed by atoms with Crippen molar-refractivity contribution in [2.45, 2.75) is 32.2 Å². The van der Waals surface area contributed by atoms with Gasteiger partial charge in [-0.2, -0.15) is 4.98 Å². The minimum atomic E-state index is -0.828. The van der Waals surface area contributed by atoms with Gasteiger partial charge >= 0.3 is 5.97 Å². The summed E-state index contributed by atoms with van der Waals surface area (Å²) in [5, 5.41) is 17.3. The molecule has 1 saturated carbocycles. The van der Waals surface area contributed by atoms with E-state index in [0.29, 0.717) is 24.3 Å². The van der Waals surface area contributed by atoms with Gasteiger partial charge < -0.3 is 35.6 Å². The molecule has 1 aliphatic heterocycles. The molecule has 2 aromatic heterocycles. The zero-order chi connectivity index (χ0) is 22.7. The lowest BCUT2D eigenvalue weighted by Crippen LogP contribution is -2.31. The van der Waals surface area contributed by atoms with Gasteiger partial charge in [-0.25, -0.2) is 4.79 Å². The largest absolute Gasteiger partial charge is 0.491 e. The highest BCUT2D eigenvalue weighted by Crippen LogP contribution is 2.44. The first-order valence-corrected chi connectivity index (χ1v) is 11.3. The highest BCUT2D eigenvalue weighted by molar-refractivity contribution is 6.07. The fraction of sp³-hybridized carbons (Fsp3) is 0.333. The lowest BCUT2D eigenvalue weighted by Gasteiger charge is -2.16. The van der Waals surface area contributed by atoms with Crippen LogP contribution in [0.1, 0.15) is 25.3 Å². The predicted octanol–water partition coefficient (Wildman–Crippen LogP) is 4.20. The second-order valence-electron chi connectivity index (χ2n) is 8.73. The summed E-state index contributed by atoms with van der Waals surface area (Å²) in [6.45, 7) is 3.23. The lowest BCUT2D eigenvalue weighted by atomic mass is 10.0. The van der Waals surface area contributed by atoms with Gasteiger partial charge in [0.1, 0.15) is 23.9 Å². The van der Waals surface area contributed by atoms with E-state index < -0.39 is 12.0 Å². The number of rotatable bonds is 6. The van der Waals surface area contributed by atoms with Crippen molar-refractivity contribution >= 4 is 45.4 Å². The average molecular weight is 447 g/mol. The molecule has 9 heteroatoms. The maximum absolute atomic E-state index is 11.7. The number of nitrogens with zero attached hydrogens (tertiary/aromatic N) is 1. The van der Waals surface area contributed by atoms with Gasteiger partial charge in [0, 0.05) is 23.9 Å². The number of aromatic nitrogens is 2. The normalized spacial score (nSPS) is 16.3. The molecule has 0 amide bonds. The molecule has 9 nitrogen and oxygen atoms in total. The maximum atomic E-state index is 11.7. The summed E-state index contributed by atoms with van der Waals surface area (Å²) in [6, 6.07) is 7.46. The van der Waals surface area contributed by atoms with E-state index in [2.05, 4.69) is 33.6 Å². The number of carbonyl (C=O) groups is 1. The first-order valence-electron chi connectivity index (χ1n) is 11.3. The summed E-state index contributed by atoms with van der Waals surface area (Å²) < 4.78 is 11.6. The third-order valence-electron chi connectivity index (χ3n) is 6.46. The number of hydrogen-bond acceptors (Lipinski definition) is 7. The zero-order valence-electron chi connectivity index (χ0n) is 18.2. The van der Waals surface area contributed by atoms with Gasteiger partial charge in [0.05, 0.1) is 22.3 Å². The van der Waals surface area contributed by atoms with Crippen LogP contribution in [-0.4, -0.2) is 40.2 Å². The second kappa shape index (κ2) is 7.33. The molecule has 6 rings (SSSR count). The minimum absolute atomic E-state index is 0.153. The zero-order valence-corrected chi connectivity index (χ0v) is 18.2. The van der Waals surface area contributed by atoms with E-state index in [1.165, 1.54) is 0 Å². The van der Waals surface area contributed by atoms with Crippen molar-refractivity contribution < 1.29 is 19.1 Å². The summed E-state index contributed by atoms with van der Waals surface area (Å²) in [7, 11) is 0. The maximum Gasteiger partial charge on any atom is 0.326 e. The van der Waals surface area contributed by atoms with Crippen LogP contribution >= 0.6 is 0 Å². The van der Waals surface area contributed by atoms with Crippen LogP contribution in [0.15, 0.2) is 28.7 Å². The van der Waals surface area contributed by atoms with E-state index >= 15 is 0 Å². The Morgan fingerprint density at radius 2 is 2.18 bits per heavy atom. The molecule has 2 aromatic carbocycles. The first-order chi connectivity index (χ1) is 16.0. The van der Waals surface area contributed by atoms with Crippen molar-refractivity contribution in [3.63, 3.8) is 0 Å². The molecular formula is C24H25N5O4. The number of hydrogen-bond donors (Lipinski definition) is 5. The number of H-pyrrole nitrogens is 1. The van der Waals surface area contributed by atoms with Crippen molar-refractivity contribution in [3.8, 4) is 17.0 Å². The monoisotopic (exact) mass is 447 g/mol. The Kier molecular flexibility index (Phi) is 4.39. The van der Waals surface area contributed by atoms with Crippen molar-refractivity contribution in [1.82, 2.24) is 9.97 Å². The fourth-order valence-electron chi connectivity index (χ4n) is 4.74. The molecule has 0 bridgehead atoms. The predicted molar refractivity (Wildman–Crippen MR) is 127 cm³/mol. The number of nitrogen functional groups attached to an aromatic ring is 1. The van der Waals surface area contributed by atoms with Gasteiger partial charge in [0.25, 0.3) is 6.01 Å². The highest BCUT2D eigenvalue weighted by atomic mass is 16.5. The molecule has 0 spiro atoms. The molecule has 4 aromatic rings. The molecular weight excluding hydrogens is 422 g/mol. The van der Waals surface area contributed by atoms with Crippen LogP contribution in [0.3, 0.4) is 0 Å². The number of fused-ring (bicyclic) bond motifs is 1. The number of nitrogens with two attached hydrogens (primary N) is 1. The number of carboxylic acids is 1. The molecule has 6 N–H and O–H groups in total. The van der Waals surface area contributed by atoms with Gasteiger partial charge in [-0.1, -0.05) is 6.92 Å². The Labute approximate surface area is 189 Å². The average Bonchev–Trinajstić information content (AvgIpc) is 3.50. The van der Waals surface area contributed by atoms with Crippen LogP contribution in [0, 0.1) is 5.92 Å². The number of aliphatic carboxylic acids is 1. The standard InChI is InChI=1S/C24H25N5O4/c1-2-11-7-13(8-16-22(11)33-24(25)29-16)19-21-18-15(28-19)9-14(10-17(18)32-6-5-26-21)27-20(23(30)31)12-3-4-12/h7-10,12,20,26-28H,2-6H2,1H3,(H2,25,29)(H,30,31)/t20-/m0/s1. The molecule has 3 heterocycles. The van der Waals surface area contributed by atoms with Crippen LogP contribution in [-0.2, 0) is 11.2 Å². The summed E-state index contributed by atoms with van der Waals surface area (Å²) in [6.07, 6.45) is 2.65. The Balaban J connectivity index is 1.50. The van der Waals surface area contributed by atoms with Crippen molar-refractivity contribution in [2.75, 3.05) is 29.5 Å². The molecule has 0 saturated heterocycles. The van der Waals surface area contributed by atoms with Crippen molar-refractivity contribution in [2.24, 2.45) is 5.92 Å². The molecule has 0 radical (unpaired) electrons. The van der Waals surface area contributed by atoms with Gasteiger partial charge in [0.2, 0.25) is 0 Å². The number of benzene rings is 2. The summed E-state index contributed by atoms with van der Waals surface area (Å²) in [4.78, 5) is 19.6. The third-order valence-corrected chi connectivity index (χ3v) is 6.46. The van der Waals surface area contributed by atoms with Crippen molar-refractivity contribution in [3.05, 3.63) is 29.8 Å². The molecule has 1 fully saturated rings. The number of aryl methyl sites for hydroxylation is 1. The van der Waals surface area contributed by atoms with Gasteiger partial charge in [-0.3, -0.25) is 0 Å². The molecule has 2 aliphatic rings. The molecule has 170 valence electrons. The van der Waals surface area contributed by atoms with E-state index in [1.54, 1.807) is 0 Å². The number of oxazole rings is 1. The quantitative estimate of drug-likeness (QED) is 0.296. The Morgan fingerprint density at radius 1 is 1.33 bits per heavy atom. The topological polar surface area (TPSA) is 138 Å². The van der Waals surface area contributed by atoms with E-state index in [1.807, 2.05) is 18.2 Å². The van der Waals surface area contributed by atoms with Crippen LogP contribution < -0.4 is 21.1 Å². The number of ether oxygens (including phenoxy) is 1. The molecule has 0 unspecified atom stereocenters. The fourth-order valence-corrected chi connectivity index (χ4v) is 4.74. The smallest absolute Gasteiger partial charge is 0.326 e. The van der Waals surface area contributed by atoms with Crippen molar-refractivity contribution in [1.29, 1.82) is 0 Å². The Morgan fingerprint density at radius 3 is 2.94 bits per heavy atom. The van der Waals surface area contributed by atoms with Gasteiger partial charge in [-0.15, -0.1) is 0 Å². The minimum Gasteiger partial charge on any atom is -0.491 e. The van der Waals surface area contributed by atoms with Crippen LogP contribution in [0.5, 0.6) is 5.75 Å². The second-order valence-corrected chi connectivity index (χ2v) is 8.73. The van der Waals surface area contributed by atoms with E-state index in [4.69, 9.17) is 14.9 Å². The number of anilines is 3. The summed E-state index contributed by atoms with van der Waals surface area (Å²) in [5.74, 6) is 0.0647. The molecule has 1 atom stereocenters. The Hall–Kier alpha value is -3.88. The van der Waals surface area contributed by atoms with E-state index in [9.17, 15) is 9.90 Å². The summed E-state index contributed by atoms with van der Waals surface area (Å²) >= 11 is 0. The van der Waals surface area contributed by atoms with Gasteiger partial charge in [0.15, 0.2) is 5.58 Å². The van der Waals surface area contributed by atoms with Crippen LogP contribution in [0.25, 0.3) is 33.3 Å². The number of carboxylic acid groups (broad SMARTS) is 1. The van der Waals surface area contributed by atoms with E-state index in [0.717, 1.165) is 64.1 Å². The van der Waals surface area contributed by atoms with Crippen LogP contribution in [0.2, 0.25) is 0 Å². The lowest BCUT2D eigenvalue weighted by molar-refractivity contribution is -0.138. The first kappa shape index (κ1) is 19.8. The number of nitrogens with one attached hydrogen (secondary N) is 3. The third kappa shape index (κ3) is 3.31. The van der Waals surface area contributed by atoms with Crippen LogP contribution in [0.4, 0.5) is 17.4 Å². The number of aromatic amines is 1. The Bertz CT molecular complexity index is 1400. The van der Waals surface area contributed by atoms with Gasteiger partial charge in [-0.05, 0) is 48.9 Å². The van der Waals surface area contributed by atoms with E-state index in [-0.39, 0.29) is 11.9 Å².